The molecule has 9 nitrogen and oxygen atoms in total. The molecule has 2 saturated heterocycles. The van der Waals surface area contributed by atoms with Gasteiger partial charge in [-0.3, -0.25) is 9.78 Å². The van der Waals surface area contributed by atoms with Crippen molar-refractivity contribution >= 4 is 23.6 Å². The van der Waals surface area contributed by atoms with Gasteiger partial charge in [0.05, 0.1) is 18.1 Å². The first-order valence-electron chi connectivity index (χ1n) is 9.23. The van der Waals surface area contributed by atoms with Gasteiger partial charge in [0.25, 0.3) is 0 Å². The fraction of sp³-hybridized carbons (Fsp3) is 0.556. The molecule has 0 aliphatic carbocycles. The Kier molecular flexibility index (Phi) is 4.80. The van der Waals surface area contributed by atoms with E-state index in [0.29, 0.717) is 29.9 Å². The van der Waals surface area contributed by atoms with Crippen molar-refractivity contribution in [2.75, 3.05) is 6.54 Å². The van der Waals surface area contributed by atoms with Crippen LogP contribution in [0.5, 0.6) is 11.8 Å². The van der Waals surface area contributed by atoms with E-state index in [1.165, 1.54) is 22.7 Å². The predicted molar refractivity (Wildman–Crippen MR) is 101 cm³/mol. The zero-order chi connectivity index (χ0) is 20.2. The van der Waals surface area contributed by atoms with Crippen LogP contribution in [0.3, 0.4) is 0 Å². The number of aliphatic hydroxyl groups excluding tert-OH is 1. The lowest BCUT2D eigenvalue weighted by Crippen LogP contribution is -2.61. The van der Waals surface area contributed by atoms with Crippen molar-refractivity contribution in [1.82, 2.24) is 15.2 Å². The number of amides is 1. The number of aromatic nitrogens is 1. The molecule has 28 heavy (non-hydrogen) atoms. The number of rotatable bonds is 6. The lowest BCUT2D eigenvalue weighted by molar-refractivity contribution is -0.161. The Labute approximate surface area is 165 Å². The lowest BCUT2D eigenvalue weighted by Gasteiger charge is -2.44. The number of carboxylic acids is 1. The molecule has 0 unspecified atom stereocenters. The van der Waals surface area contributed by atoms with Crippen molar-refractivity contribution < 1.29 is 30.0 Å². The van der Waals surface area contributed by atoms with Gasteiger partial charge in [-0.1, -0.05) is 0 Å². The maximum atomic E-state index is 12.3. The Hall–Kier alpha value is -2.17. The monoisotopic (exact) mass is 409 g/mol. The molecule has 3 aliphatic heterocycles. The highest BCUT2D eigenvalue weighted by atomic mass is 32.2. The number of nitrogens with one attached hydrogen (secondary N) is 2. The van der Waals surface area contributed by atoms with Crippen LogP contribution in [0.1, 0.15) is 25.3 Å². The molecule has 0 bridgehead atoms. The van der Waals surface area contributed by atoms with Gasteiger partial charge in [-0.25, -0.2) is 4.79 Å². The molecule has 152 valence electrons. The molecule has 3 aliphatic rings. The molecule has 1 amide bonds. The molecule has 0 aromatic carbocycles. The first kappa shape index (κ1) is 19.2. The van der Waals surface area contributed by atoms with Crippen LogP contribution >= 0.6 is 11.8 Å². The zero-order valence-electron chi connectivity index (χ0n) is 15.3. The van der Waals surface area contributed by atoms with Gasteiger partial charge in [0.2, 0.25) is 5.91 Å². The van der Waals surface area contributed by atoms with E-state index in [2.05, 4.69) is 10.3 Å². The number of hydrogen-bond acceptors (Lipinski definition) is 7. The molecule has 10 heteroatoms. The van der Waals surface area contributed by atoms with Crippen LogP contribution in [0.25, 0.3) is 0 Å². The maximum absolute atomic E-state index is 12.3. The first-order valence-corrected chi connectivity index (χ1v) is 10.1. The molecule has 6 N–H and O–H groups in total. The van der Waals surface area contributed by atoms with Gasteiger partial charge < -0.3 is 30.6 Å². The Morgan fingerprint density at radius 2 is 2.18 bits per heavy atom. The Morgan fingerprint density at radius 1 is 1.43 bits per heavy atom. The van der Waals surface area contributed by atoms with E-state index >= 15 is 0 Å². The Bertz CT molecular complexity index is 850. The molecule has 2 fully saturated rings. The number of carbonyl (C=O) groups is 2. The first-order chi connectivity index (χ1) is 13.3. The summed E-state index contributed by atoms with van der Waals surface area (Å²) in [5.74, 6) is -2.10. The average molecular weight is 409 g/mol. The van der Waals surface area contributed by atoms with Crippen LogP contribution in [-0.4, -0.2) is 72.2 Å². The van der Waals surface area contributed by atoms with E-state index in [9.17, 15) is 30.0 Å². The number of fused-ring (bicyclic) bond motifs is 1. The van der Waals surface area contributed by atoms with E-state index in [1.54, 1.807) is 6.92 Å². The summed E-state index contributed by atoms with van der Waals surface area (Å²) in [6, 6.07) is 1.32. The smallest absolute Gasteiger partial charge is 0.353 e. The minimum absolute atomic E-state index is 0.0471. The van der Waals surface area contributed by atoms with E-state index in [1.807, 2.05) is 0 Å². The summed E-state index contributed by atoms with van der Waals surface area (Å²) >= 11 is 1.48. The number of aliphatic hydroxyl groups is 1. The number of hydrogen-bond donors (Lipinski definition) is 6. The zero-order valence-corrected chi connectivity index (χ0v) is 16.1. The third-order valence-corrected chi connectivity index (χ3v) is 7.05. The van der Waals surface area contributed by atoms with Crippen molar-refractivity contribution in [1.29, 1.82) is 0 Å². The van der Waals surface area contributed by atoms with Gasteiger partial charge in [0.1, 0.15) is 5.70 Å². The van der Waals surface area contributed by atoms with Crippen LogP contribution in [0.2, 0.25) is 0 Å². The lowest BCUT2D eigenvalue weighted by atomic mass is 9.83. The van der Waals surface area contributed by atoms with Crippen molar-refractivity contribution in [3.63, 3.8) is 0 Å². The number of thioether (sulfide) groups is 1. The summed E-state index contributed by atoms with van der Waals surface area (Å²) in [5.41, 5.74) is 0.676. The summed E-state index contributed by atoms with van der Waals surface area (Å²) in [7, 11) is 0. The van der Waals surface area contributed by atoms with Gasteiger partial charge in [0, 0.05) is 40.8 Å². The van der Waals surface area contributed by atoms with Crippen molar-refractivity contribution in [2.45, 2.75) is 49.6 Å². The molecule has 1 aromatic heterocycles. The Morgan fingerprint density at radius 3 is 2.79 bits per heavy atom. The summed E-state index contributed by atoms with van der Waals surface area (Å²) in [6.07, 6.45) is 0.977. The molecule has 4 rings (SSSR count). The quantitative estimate of drug-likeness (QED) is 0.369. The second kappa shape index (κ2) is 7.02. The molecule has 1 aromatic rings. The minimum atomic E-state index is -1.11. The highest BCUT2D eigenvalue weighted by Crippen LogP contribution is 2.48. The summed E-state index contributed by atoms with van der Waals surface area (Å²) < 4.78 is 0. The van der Waals surface area contributed by atoms with Crippen LogP contribution < -0.4 is 5.32 Å². The topological polar surface area (TPSA) is 146 Å². The number of nitrogens with zero attached hydrogens (tertiary/aromatic N) is 1. The maximum Gasteiger partial charge on any atom is 0.353 e. The summed E-state index contributed by atoms with van der Waals surface area (Å²) in [6.45, 7) is 2.24. The number of carbonyl (C=O) groups excluding carboxylic acids is 1. The number of β-lactam (4-membered cyclic amide) rings is 1. The molecular formula is C18H23N3O6S. The molecule has 0 radical (unpaired) electrons. The van der Waals surface area contributed by atoms with Crippen LogP contribution in [0.4, 0.5) is 0 Å². The SMILES string of the molecule is C[C@@H](O)[C@H]1C(=O)N2C(C(=O)O)=C(S[C@@H]3CN[C@H](Cc4cc(O)[nH]c4O)C3)C[C@H]12. The van der Waals surface area contributed by atoms with Crippen molar-refractivity contribution in [3.05, 3.63) is 22.2 Å². The van der Waals surface area contributed by atoms with Gasteiger partial charge in [-0.05, 0) is 19.8 Å². The standard InChI is InChI=1S/C18H23N3O6S/c1-7(22)14-11-5-12(15(18(26)27)21(11)17(14)25)28-10-4-9(19-6-10)2-8-3-13(23)20-16(8)24/h3,7,9-11,14,19-20,22-24H,2,4-6H2,1H3,(H,26,27)/t7-,9-,10+,11-,14-/m1/s1. The van der Waals surface area contributed by atoms with Gasteiger partial charge in [-0.2, -0.15) is 0 Å². The fourth-order valence-corrected chi connectivity index (χ4v) is 5.93. The van der Waals surface area contributed by atoms with Gasteiger partial charge in [-0.15, -0.1) is 11.8 Å². The average Bonchev–Trinajstić information content (AvgIpc) is 3.25. The van der Waals surface area contributed by atoms with Gasteiger partial charge >= 0.3 is 5.97 Å². The highest BCUT2D eigenvalue weighted by Gasteiger charge is 2.57. The third kappa shape index (κ3) is 3.15. The van der Waals surface area contributed by atoms with E-state index in [0.717, 1.165) is 6.42 Å². The minimum Gasteiger partial charge on any atom is -0.495 e. The van der Waals surface area contributed by atoms with Crippen molar-refractivity contribution in [2.24, 2.45) is 5.92 Å². The third-order valence-electron chi connectivity index (χ3n) is 5.71. The number of aliphatic carboxylic acids is 1. The number of aromatic hydroxyl groups is 2. The molecule has 0 spiro atoms. The van der Waals surface area contributed by atoms with Gasteiger partial charge in [0.15, 0.2) is 11.8 Å². The summed E-state index contributed by atoms with van der Waals surface area (Å²) in [5, 5.41) is 42.1. The molecule has 5 atom stereocenters. The van der Waals surface area contributed by atoms with E-state index in [4.69, 9.17) is 0 Å². The molecule has 0 saturated carbocycles. The molecule has 4 heterocycles. The van der Waals surface area contributed by atoms with Crippen molar-refractivity contribution in [3.8, 4) is 11.8 Å². The predicted octanol–water partition coefficient (Wildman–Crippen LogP) is 0.340. The normalized spacial score (nSPS) is 30.5. The van der Waals surface area contributed by atoms with Crippen LogP contribution in [0, 0.1) is 5.92 Å². The fourth-order valence-electron chi connectivity index (χ4n) is 4.46. The number of carboxylic acid groups (broad SMARTS) is 1. The second-order valence-electron chi connectivity index (χ2n) is 7.64. The summed E-state index contributed by atoms with van der Waals surface area (Å²) in [4.78, 5) is 28.5. The molecular weight excluding hydrogens is 386 g/mol. The van der Waals surface area contributed by atoms with Crippen LogP contribution in [0.15, 0.2) is 16.7 Å². The second-order valence-corrected chi connectivity index (χ2v) is 9.03. The van der Waals surface area contributed by atoms with Crippen LogP contribution in [-0.2, 0) is 16.0 Å². The van der Waals surface area contributed by atoms with E-state index < -0.39 is 18.0 Å². The highest BCUT2D eigenvalue weighted by molar-refractivity contribution is 8.03. The number of aromatic amines is 1. The Balaban J connectivity index is 1.42. The number of H-pyrrole nitrogens is 1. The largest absolute Gasteiger partial charge is 0.495 e. The van der Waals surface area contributed by atoms with E-state index in [-0.39, 0.29) is 40.7 Å².